The Balaban J connectivity index is 2.12. The first-order chi connectivity index (χ1) is 10.2. The highest BCUT2D eigenvalue weighted by molar-refractivity contribution is 5.76. The van der Waals surface area contributed by atoms with Crippen molar-refractivity contribution < 1.29 is 13.9 Å². The predicted octanol–water partition coefficient (Wildman–Crippen LogP) is 1.03. The van der Waals surface area contributed by atoms with Crippen molar-refractivity contribution in [3.05, 3.63) is 35.1 Å². The smallest absolute Gasteiger partial charge is 0.324 e. The van der Waals surface area contributed by atoms with E-state index in [0.29, 0.717) is 26.2 Å². The first-order valence-corrected chi connectivity index (χ1v) is 6.95. The van der Waals surface area contributed by atoms with Gasteiger partial charge in [0.25, 0.3) is 0 Å². The van der Waals surface area contributed by atoms with E-state index in [1.807, 2.05) is 11.0 Å². The number of nitrogens with one attached hydrogen (secondary N) is 1. The maximum absolute atomic E-state index is 13.3. The zero-order valence-electron chi connectivity index (χ0n) is 11.9. The summed E-state index contributed by atoms with van der Waals surface area (Å²) in [5, 5.41) is 12.0. The van der Waals surface area contributed by atoms with Crippen LogP contribution in [0, 0.1) is 17.1 Å². The molecule has 1 fully saturated rings. The summed E-state index contributed by atoms with van der Waals surface area (Å²) in [5.41, 5.74) is 0.833. The molecule has 0 bridgehead atoms. The molecule has 2 rings (SSSR count). The maximum atomic E-state index is 13.3. The van der Waals surface area contributed by atoms with E-state index in [1.165, 1.54) is 12.1 Å². The molecule has 6 heteroatoms. The third-order valence-corrected chi connectivity index (χ3v) is 3.45. The summed E-state index contributed by atoms with van der Waals surface area (Å²) >= 11 is 0. The molecule has 1 unspecified atom stereocenters. The van der Waals surface area contributed by atoms with Crippen molar-refractivity contribution in [1.29, 1.82) is 5.26 Å². The Hall–Kier alpha value is -1.97. The second kappa shape index (κ2) is 7.16. The van der Waals surface area contributed by atoms with Gasteiger partial charge >= 0.3 is 5.97 Å². The SMILES string of the molecule is CCOC(=O)C1CNCCN1Cc1ccc(F)c(C#N)c1. The molecule has 112 valence electrons. The van der Waals surface area contributed by atoms with Crippen molar-refractivity contribution in [1.82, 2.24) is 10.2 Å². The number of halogens is 1. The molecule has 1 aromatic rings. The average Bonchev–Trinajstić information content (AvgIpc) is 2.50. The van der Waals surface area contributed by atoms with Gasteiger partial charge in [0, 0.05) is 26.2 Å². The van der Waals surface area contributed by atoms with Gasteiger partial charge in [-0.2, -0.15) is 5.26 Å². The van der Waals surface area contributed by atoms with Crippen LogP contribution in [0.1, 0.15) is 18.1 Å². The normalized spacial score (nSPS) is 19.0. The van der Waals surface area contributed by atoms with Crippen LogP contribution in [0.5, 0.6) is 0 Å². The highest BCUT2D eigenvalue weighted by Gasteiger charge is 2.29. The van der Waals surface area contributed by atoms with Gasteiger partial charge in [0.05, 0.1) is 12.2 Å². The van der Waals surface area contributed by atoms with Gasteiger partial charge < -0.3 is 10.1 Å². The molecule has 0 amide bonds. The monoisotopic (exact) mass is 291 g/mol. The molecular formula is C15H18FN3O2. The van der Waals surface area contributed by atoms with E-state index in [9.17, 15) is 9.18 Å². The minimum Gasteiger partial charge on any atom is -0.465 e. The quantitative estimate of drug-likeness (QED) is 0.840. The molecule has 1 N–H and O–H groups in total. The predicted molar refractivity (Wildman–Crippen MR) is 74.8 cm³/mol. The standard InChI is InChI=1S/C15H18FN3O2/c1-2-21-15(20)14-9-18-5-6-19(14)10-11-3-4-13(16)12(7-11)8-17/h3-4,7,14,18H,2,5-6,9-10H2,1H3. The summed E-state index contributed by atoms with van der Waals surface area (Å²) < 4.78 is 18.4. The van der Waals surface area contributed by atoms with Crippen LogP contribution in [-0.4, -0.2) is 43.2 Å². The lowest BCUT2D eigenvalue weighted by atomic mass is 10.1. The van der Waals surface area contributed by atoms with Crippen molar-refractivity contribution in [2.45, 2.75) is 19.5 Å². The molecule has 0 aliphatic carbocycles. The van der Waals surface area contributed by atoms with Crippen LogP contribution >= 0.6 is 0 Å². The summed E-state index contributed by atoms with van der Waals surface area (Å²) in [6.07, 6.45) is 0. The highest BCUT2D eigenvalue weighted by atomic mass is 19.1. The van der Waals surface area contributed by atoms with Gasteiger partial charge in [-0.05, 0) is 24.6 Å². The lowest BCUT2D eigenvalue weighted by Crippen LogP contribution is -2.54. The van der Waals surface area contributed by atoms with Gasteiger partial charge in [-0.15, -0.1) is 0 Å². The zero-order chi connectivity index (χ0) is 15.2. The molecule has 1 aliphatic heterocycles. The number of ether oxygens (including phenoxy) is 1. The molecule has 1 atom stereocenters. The topological polar surface area (TPSA) is 65.4 Å². The number of hydrogen-bond donors (Lipinski definition) is 1. The van der Waals surface area contributed by atoms with E-state index in [2.05, 4.69) is 5.32 Å². The van der Waals surface area contributed by atoms with Crippen molar-refractivity contribution in [2.24, 2.45) is 0 Å². The molecule has 21 heavy (non-hydrogen) atoms. The second-order valence-electron chi connectivity index (χ2n) is 4.87. The molecule has 1 saturated heterocycles. The molecule has 5 nitrogen and oxygen atoms in total. The van der Waals surface area contributed by atoms with E-state index >= 15 is 0 Å². The van der Waals surface area contributed by atoms with Crippen molar-refractivity contribution in [3.63, 3.8) is 0 Å². The van der Waals surface area contributed by atoms with Crippen LogP contribution in [0.2, 0.25) is 0 Å². The summed E-state index contributed by atoms with van der Waals surface area (Å²) in [7, 11) is 0. The number of nitriles is 1. The van der Waals surface area contributed by atoms with Gasteiger partial charge in [-0.1, -0.05) is 6.07 Å². The lowest BCUT2D eigenvalue weighted by Gasteiger charge is -2.34. The number of carbonyl (C=O) groups is 1. The molecule has 0 aromatic heterocycles. The summed E-state index contributed by atoms with van der Waals surface area (Å²) in [6, 6.07) is 5.93. The number of esters is 1. The third-order valence-electron chi connectivity index (χ3n) is 3.45. The summed E-state index contributed by atoms with van der Waals surface area (Å²) in [5.74, 6) is -0.782. The van der Waals surface area contributed by atoms with Crippen LogP contribution < -0.4 is 5.32 Å². The van der Waals surface area contributed by atoms with Gasteiger partial charge in [0.1, 0.15) is 17.9 Å². The minimum absolute atomic E-state index is 0.0234. The van der Waals surface area contributed by atoms with E-state index in [4.69, 9.17) is 10.00 Å². The lowest BCUT2D eigenvalue weighted by molar-refractivity contribution is -0.150. The minimum atomic E-state index is -0.525. The Bertz CT molecular complexity index is 556. The molecular weight excluding hydrogens is 273 g/mol. The Labute approximate surface area is 123 Å². The van der Waals surface area contributed by atoms with Gasteiger partial charge in [-0.3, -0.25) is 9.69 Å². The van der Waals surface area contributed by atoms with Crippen molar-refractivity contribution in [2.75, 3.05) is 26.2 Å². The molecule has 0 spiro atoms. The fourth-order valence-electron chi connectivity index (χ4n) is 2.40. The van der Waals surface area contributed by atoms with Gasteiger partial charge in [-0.25, -0.2) is 4.39 Å². The number of piperazine rings is 1. The van der Waals surface area contributed by atoms with Gasteiger partial charge in [0.15, 0.2) is 0 Å². The number of benzene rings is 1. The van der Waals surface area contributed by atoms with Crippen LogP contribution in [0.3, 0.4) is 0 Å². The maximum Gasteiger partial charge on any atom is 0.324 e. The molecule has 1 heterocycles. The molecule has 1 aliphatic rings. The average molecular weight is 291 g/mol. The number of rotatable bonds is 4. The Kier molecular flexibility index (Phi) is 5.26. The fourth-order valence-corrected chi connectivity index (χ4v) is 2.40. The Morgan fingerprint density at radius 3 is 3.14 bits per heavy atom. The van der Waals surface area contributed by atoms with E-state index in [0.717, 1.165) is 12.1 Å². The highest BCUT2D eigenvalue weighted by Crippen LogP contribution is 2.15. The van der Waals surface area contributed by atoms with E-state index in [1.54, 1.807) is 13.0 Å². The second-order valence-corrected chi connectivity index (χ2v) is 4.87. The Morgan fingerprint density at radius 1 is 1.62 bits per heavy atom. The van der Waals surface area contributed by atoms with Crippen molar-refractivity contribution in [3.8, 4) is 6.07 Å². The number of nitrogens with zero attached hydrogens (tertiary/aromatic N) is 2. The summed E-state index contributed by atoms with van der Waals surface area (Å²) in [6.45, 7) is 4.62. The van der Waals surface area contributed by atoms with Crippen LogP contribution in [0.4, 0.5) is 4.39 Å². The van der Waals surface area contributed by atoms with Gasteiger partial charge in [0.2, 0.25) is 0 Å². The van der Waals surface area contributed by atoms with Crippen LogP contribution in [-0.2, 0) is 16.1 Å². The van der Waals surface area contributed by atoms with Crippen molar-refractivity contribution >= 4 is 5.97 Å². The molecule has 0 saturated carbocycles. The Morgan fingerprint density at radius 2 is 2.43 bits per heavy atom. The third kappa shape index (κ3) is 3.78. The van der Waals surface area contributed by atoms with Crippen LogP contribution in [0.15, 0.2) is 18.2 Å². The van der Waals surface area contributed by atoms with E-state index < -0.39 is 5.82 Å². The number of hydrogen-bond acceptors (Lipinski definition) is 5. The summed E-state index contributed by atoms with van der Waals surface area (Å²) in [4.78, 5) is 13.9. The largest absolute Gasteiger partial charge is 0.465 e. The number of carbonyl (C=O) groups excluding carboxylic acids is 1. The molecule has 1 aromatic carbocycles. The zero-order valence-corrected chi connectivity index (χ0v) is 11.9. The first-order valence-electron chi connectivity index (χ1n) is 6.95. The molecule has 0 radical (unpaired) electrons. The first kappa shape index (κ1) is 15.4. The van der Waals surface area contributed by atoms with E-state index in [-0.39, 0.29) is 17.6 Å². The fraction of sp³-hybridized carbons (Fsp3) is 0.467. The van der Waals surface area contributed by atoms with Crippen LogP contribution in [0.25, 0.3) is 0 Å².